The average Bonchev–Trinajstić information content (AvgIpc) is 3.15. The third kappa shape index (κ3) is 3.67. The van der Waals surface area contributed by atoms with Crippen molar-refractivity contribution >= 4 is 11.0 Å². The van der Waals surface area contributed by atoms with E-state index in [1.807, 2.05) is 53.2 Å². The molecule has 158 valence electrons. The van der Waals surface area contributed by atoms with Gasteiger partial charge in [-0.3, -0.25) is 19.0 Å². The first-order chi connectivity index (χ1) is 15.6. The summed E-state index contributed by atoms with van der Waals surface area (Å²) in [5.41, 5.74) is 4.75. The predicted molar refractivity (Wildman–Crippen MR) is 126 cm³/mol. The zero-order valence-electron chi connectivity index (χ0n) is 17.7. The molecule has 6 nitrogen and oxygen atoms in total. The summed E-state index contributed by atoms with van der Waals surface area (Å²) >= 11 is 0. The molecular weight excluding hydrogens is 400 g/mol. The normalized spacial score (nSPS) is 11.2. The van der Waals surface area contributed by atoms with Crippen LogP contribution in [0.2, 0.25) is 0 Å². The van der Waals surface area contributed by atoms with E-state index in [0.717, 1.165) is 32.5 Å². The summed E-state index contributed by atoms with van der Waals surface area (Å²) in [6, 6.07) is 28.5. The van der Waals surface area contributed by atoms with Crippen molar-refractivity contribution in [2.75, 3.05) is 0 Å². The third-order valence-corrected chi connectivity index (χ3v) is 5.71. The van der Waals surface area contributed by atoms with Gasteiger partial charge in [-0.05, 0) is 22.3 Å². The zero-order chi connectivity index (χ0) is 22.1. The number of H-pyrrole nitrogens is 1. The molecule has 0 aliphatic rings. The topological polar surface area (TPSA) is 72.7 Å². The number of rotatable bonds is 5. The molecule has 0 atom stereocenters. The van der Waals surface area contributed by atoms with Crippen molar-refractivity contribution in [2.24, 2.45) is 7.05 Å². The van der Waals surface area contributed by atoms with E-state index in [1.165, 1.54) is 7.05 Å². The molecule has 6 heteroatoms. The molecule has 0 aliphatic heterocycles. The molecule has 0 amide bonds. The number of aromatic nitrogens is 4. The lowest BCUT2D eigenvalue weighted by Gasteiger charge is -2.09. The van der Waals surface area contributed by atoms with Crippen LogP contribution in [-0.2, 0) is 20.0 Å². The molecule has 3 aromatic carbocycles. The van der Waals surface area contributed by atoms with E-state index in [1.54, 1.807) is 0 Å². The first kappa shape index (κ1) is 19.8. The molecule has 0 saturated heterocycles. The van der Waals surface area contributed by atoms with Gasteiger partial charge in [0, 0.05) is 13.5 Å². The largest absolute Gasteiger partial charge is 0.329 e. The molecule has 0 aliphatic carbocycles. The van der Waals surface area contributed by atoms with Gasteiger partial charge in [0.25, 0.3) is 5.56 Å². The first-order valence-electron chi connectivity index (χ1n) is 10.5. The van der Waals surface area contributed by atoms with Gasteiger partial charge in [0.15, 0.2) is 5.65 Å². The van der Waals surface area contributed by atoms with Crippen LogP contribution in [0.15, 0.2) is 94.5 Å². The molecule has 5 aromatic rings. The maximum atomic E-state index is 12.9. The van der Waals surface area contributed by atoms with Crippen LogP contribution in [0.25, 0.3) is 22.2 Å². The van der Waals surface area contributed by atoms with E-state index < -0.39 is 5.69 Å². The van der Waals surface area contributed by atoms with Crippen LogP contribution >= 0.6 is 0 Å². The summed E-state index contributed by atoms with van der Waals surface area (Å²) in [5.74, 6) is 0. The minimum absolute atomic E-state index is 0.324. The molecule has 5 rings (SSSR count). The molecule has 0 spiro atoms. The average molecular weight is 422 g/mol. The second kappa shape index (κ2) is 8.15. The van der Waals surface area contributed by atoms with Gasteiger partial charge in [-0.1, -0.05) is 84.9 Å². The van der Waals surface area contributed by atoms with Gasteiger partial charge in [0.05, 0.1) is 12.2 Å². The summed E-state index contributed by atoms with van der Waals surface area (Å²) in [7, 11) is 1.48. The highest BCUT2D eigenvalue weighted by molar-refractivity contribution is 5.77. The molecule has 2 aromatic heterocycles. The molecule has 1 N–H and O–H groups in total. The summed E-state index contributed by atoms with van der Waals surface area (Å²) in [4.78, 5) is 27.8. The monoisotopic (exact) mass is 422 g/mol. The number of aromatic amines is 1. The Labute approximate surface area is 184 Å². The Balaban J connectivity index is 1.57. The predicted octanol–water partition coefficient (Wildman–Crippen LogP) is 3.73. The Morgan fingerprint density at radius 3 is 2.09 bits per heavy atom. The Morgan fingerprint density at radius 1 is 0.781 bits per heavy atom. The third-order valence-electron chi connectivity index (χ3n) is 5.71. The quantitative estimate of drug-likeness (QED) is 0.469. The Morgan fingerprint density at radius 2 is 1.41 bits per heavy atom. The van der Waals surface area contributed by atoms with Crippen LogP contribution in [0.3, 0.4) is 0 Å². The summed E-state index contributed by atoms with van der Waals surface area (Å²) in [6.45, 7) is 0.497. The van der Waals surface area contributed by atoms with Gasteiger partial charge in [-0.2, -0.15) is 5.10 Å². The minimum atomic E-state index is -0.467. The van der Waals surface area contributed by atoms with E-state index in [9.17, 15) is 9.59 Å². The molecule has 0 unspecified atom stereocenters. The summed E-state index contributed by atoms with van der Waals surface area (Å²) in [5, 5.41) is 5.05. The Kier molecular flexibility index (Phi) is 5.03. The van der Waals surface area contributed by atoms with E-state index in [4.69, 9.17) is 0 Å². The number of benzene rings is 3. The maximum Gasteiger partial charge on any atom is 0.329 e. The molecule has 0 saturated carbocycles. The fraction of sp³-hybridized carbons (Fsp3) is 0.115. The molecule has 0 fully saturated rings. The van der Waals surface area contributed by atoms with Crippen molar-refractivity contribution < 1.29 is 0 Å². The van der Waals surface area contributed by atoms with Crippen molar-refractivity contribution in [3.63, 3.8) is 0 Å². The number of fused-ring (bicyclic) bond motifs is 1. The van der Waals surface area contributed by atoms with E-state index in [-0.39, 0.29) is 5.56 Å². The Hall–Kier alpha value is -4.19. The van der Waals surface area contributed by atoms with Crippen LogP contribution in [0.1, 0.15) is 16.8 Å². The van der Waals surface area contributed by atoms with Gasteiger partial charge in [0.1, 0.15) is 5.39 Å². The van der Waals surface area contributed by atoms with Gasteiger partial charge < -0.3 is 0 Å². The van der Waals surface area contributed by atoms with Crippen LogP contribution in [-0.4, -0.2) is 19.3 Å². The lowest BCUT2D eigenvalue weighted by molar-refractivity contribution is 0.660. The van der Waals surface area contributed by atoms with Crippen LogP contribution in [0.4, 0.5) is 0 Å². The zero-order valence-corrected chi connectivity index (χ0v) is 17.7. The Bertz CT molecular complexity index is 1500. The number of hydrogen-bond acceptors (Lipinski definition) is 3. The van der Waals surface area contributed by atoms with E-state index in [2.05, 4.69) is 46.5 Å². The van der Waals surface area contributed by atoms with Gasteiger partial charge in [0.2, 0.25) is 0 Å². The van der Waals surface area contributed by atoms with Crippen molar-refractivity contribution in [1.29, 1.82) is 0 Å². The lowest BCUT2D eigenvalue weighted by atomic mass is 10.0. The highest BCUT2D eigenvalue weighted by Crippen LogP contribution is 2.21. The SMILES string of the molecule is Cn1c(=O)[nH]c2nn(Cc3ccc(-c4ccccc4)cc3)c(Cc3ccccc3)c2c1=O. The standard InChI is InChI=1S/C26H22N4O2/c1-29-25(31)23-22(16-18-8-4-2-5-9-18)30(28-24(23)27-26(29)32)17-19-12-14-21(15-13-19)20-10-6-3-7-11-20/h2-15H,16-17H2,1H3,(H,27,28,32). The van der Waals surface area contributed by atoms with Crippen molar-refractivity contribution in [2.45, 2.75) is 13.0 Å². The van der Waals surface area contributed by atoms with Crippen LogP contribution < -0.4 is 11.2 Å². The fourth-order valence-electron chi connectivity index (χ4n) is 3.96. The summed E-state index contributed by atoms with van der Waals surface area (Å²) < 4.78 is 2.92. The van der Waals surface area contributed by atoms with E-state index in [0.29, 0.717) is 24.0 Å². The van der Waals surface area contributed by atoms with Gasteiger partial charge in [-0.25, -0.2) is 4.79 Å². The number of hydrogen-bond donors (Lipinski definition) is 1. The maximum absolute atomic E-state index is 12.9. The van der Waals surface area contributed by atoms with Crippen LogP contribution in [0, 0.1) is 0 Å². The molecule has 0 bridgehead atoms. The molecule has 0 radical (unpaired) electrons. The fourth-order valence-corrected chi connectivity index (χ4v) is 3.96. The number of nitrogens with zero attached hydrogens (tertiary/aromatic N) is 3. The highest BCUT2D eigenvalue weighted by atomic mass is 16.2. The second-order valence-corrected chi connectivity index (χ2v) is 7.85. The first-order valence-corrected chi connectivity index (χ1v) is 10.5. The lowest BCUT2D eigenvalue weighted by Crippen LogP contribution is -2.32. The van der Waals surface area contributed by atoms with Crippen LogP contribution in [0.5, 0.6) is 0 Å². The van der Waals surface area contributed by atoms with Crippen molar-refractivity contribution in [3.05, 3.63) is 123 Å². The van der Waals surface area contributed by atoms with Crippen molar-refractivity contribution in [1.82, 2.24) is 19.3 Å². The highest BCUT2D eigenvalue weighted by Gasteiger charge is 2.18. The number of nitrogens with one attached hydrogen (secondary N) is 1. The van der Waals surface area contributed by atoms with Crippen molar-refractivity contribution in [3.8, 4) is 11.1 Å². The molecular formula is C26H22N4O2. The molecule has 32 heavy (non-hydrogen) atoms. The second-order valence-electron chi connectivity index (χ2n) is 7.85. The summed E-state index contributed by atoms with van der Waals surface area (Å²) in [6.07, 6.45) is 0.542. The van der Waals surface area contributed by atoms with Gasteiger partial charge in [-0.15, -0.1) is 0 Å². The smallest absolute Gasteiger partial charge is 0.290 e. The van der Waals surface area contributed by atoms with E-state index >= 15 is 0 Å². The molecule has 2 heterocycles. The van der Waals surface area contributed by atoms with Gasteiger partial charge >= 0.3 is 5.69 Å². The minimum Gasteiger partial charge on any atom is -0.290 e.